The van der Waals surface area contributed by atoms with E-state index in [1.165, 1.54) is 0 Å². The van der Waals surface area contributed by atoms with Crippen LogP contribution in [0.15, 0.2) is 36.7 Å². The number of halogens is 1. The van der Waals surface area contributed by atoms with Gasteiger partial charge in [0.2, 0.25) is 0 Å². The smallest absolute Gasteiger partial charge is 0.198 e. The van der Waals surface area contributed by atoms with Gasteiger partial charge >= 0.3 is 0 Å². The van der Waals surface area contributed by atoms with E-state index in [4.69, 9.17) is 11.6 Å². The van der Waals surface area contributed by atoms with Gasteiger partial charge in [0, 0.05) is 24.8 Å². The van der Waals surface area contributed by atoms with Crippen LogP contribution in [0.25, 0.3) is 28.1 Å². The molecule has 6 nitrogen and oxygen atoms in total. The van der Waals surface area contributed by atoms with Crippen LogP contribution in [-0.2, 0) is 7.05 Å². The van der Waals surface area contributed by atoms with Crippen molar-refractivity contribution in [3.63, 3.8) is 0 Å². The van der Waals surface area contributed by atoms with Crippen molar-refractivity contribution in [3.8, 4) is 11.5 Å². The van der Waals surface area contributed by atoms with E-state index in [1.807, 2.05) is 36.0 Å². The predicted molar refractivity (Wildman–Crippen MR) is 75.5 cm³/mol. The highest BCUT2D eigenvalue weighted by Gasteiger charge is 2.17. The number of aryl methyl sites for hydroxylation is 1. The fourth-order valence-electron chi connectivity index (χ4n) is 2.34. The van der Waals surface area contributed by atoms with E-state index in [2.05, 4.69) is 20.3 Å². The molecule has 0 saturated carbocycles. The third kappa shape index (κ3) is 1.45. The molecule has 0 radical (unpaired) electrons. The quantitative estimate of drug-likeness (QED) is 0.538. The molecule has 0 aliphatic heterocycles. The maximum absolute atomic E-state index is 6.02. The van der Waals surface area contributed by atoms with E-state index >= 15 is 0 Å². The lowest BCUT2D eigenvalue weighted by Crippen LogP contribution is -1.93. The normalized spacial score (nSPS) is 11.5. The van der Waals surface area contributed by atoms with Crippen LogP contribution in [0, 0.1) is 0 Å². The van der Waals surface area contributed by atoms with E-state index < -0.39 is 0 Å². The largest absolute Gasteiger partial charge is 0.277 e. The Morgan fingerprint density at radius 2 is 2.00 bits per heavy atom. The average molecular weight is 285 g/mol. The predicted octanol–water partition coefficient (Wildman–Crippen LogP) is 2.33. The second-order valence-electron chi connectivity index (χ2n) is 4.42. The minimum atomic E-state index is 0.325. The molecule has 20 heavy (non-hydrogen) atoms. The highest BCUT2D eigenvalue weighted by atomic mass is 35.5. The van der Waals surface area contributed by atoms with Crippen LogP contribution in [-0.4, -0.2) is 29.4 Å². The molecule has 0 unspecified atom stereocenters. The van der Waals surface area contributed by atoms with Gasteiger partial charge in [-0.3, -0.25) is 9.08 Å². The molecule has 0 amide bonds. The highest BCUT2D eigenvalue weighted by molar-refractivity contribution is 6.32. The average Bonchev–Trinajstić information content (AvgIpc) is 3.02. The Labute approximate surface area is 118 Å². The van der Waals surface area contributed by atoms with Crippen molar-refractivity contribution in [1.82, 2.24) is 29.4 Å². The minimum Gasteiger partial charge on any atom is -0.277 e. The van der Waals surface area contributed by atoms with Crippen LogP contribution >= 0.6 is 11.6 Å². The summed E-state index contributed by atoms with van der Waals surface area (Å²) in [5, 5.41) is 14.2. The number of benzene rings is 1. The third-order valence-corrected chi connectivity index (χ3v) is 3.52. The second kappa shape index (κ2) is 4.01. The molecular formula is C13H9ClN6. The van der Waals surface area contributed by atoms with Crippen molar-refractivity contribution < 1.29 is 0 Å². The first-order valence-corrected chi connectivity index (χ1v) is 6.41. The molecular weight excluding hydrogens is 276 g/mol. The second-order valence-corrected chi connectivity index (χ2v) is 4.78. The van der Waals surface area contributed by atoms with Crippen LogP contribution in [0.4, 0.5) is 0 Å². The van der Waals surface area contributed by atoms with Crippen molar-refractivity contribution in [2.24, 2.45) is 7.05 Å². The molecule has 0 saturated heterocycles. The molecule has 4 aromatic rings. The summed E-state index contributed by atoms with van der Waals surface area (Å²) in [6.45, 7) is 0. The van der Waals surface area contributed by atoms with Crippen molar-refractivity contribution in [3.05, 3.63) is 41.8 Å². The lowest BCUT2D eigenvalue weighted by Gasteiger charge is -1.97. The molecule has 0 bridgehead atoms. The Morgan fingerprint density at radius 1 is 1.15 bits per heavy atom. The first-order chi connectivity index (χ1) is 9.75. The summed E-state index contributed by atoms with van der Waals surface area (Å²) in [4.78, 5) is 4.00. The molecule has 7 heteroatoms. The van der Waals surface area contributed by atoms with Crippen LogP contribution < -0.4 is 0 Å². The number of fused-ring (bicyclic) bond motifs is 2. The number of hydrogen-bond acceptors (Lipinski definition) is 4. The van der Waals surface area contributed by atoms with Crippen molar-refractivity contribution in [1.29, 1.82) is 0 Å². The van der Waals surface area contributed by atoms with Crippen LogP contribution in [0.1, 0.15) is 0 Å². The van der Waals surface area contributed by atoms with Gasteiger partial charge in [-0.15, -0.1) is 10.2 Å². The molecule has 0 spiro atoms. The molecule has 0 aliphatic rings. The molecule has 0 atom stereocenters. The fraction of sp³-hybridized carbons (Fsp3) is 0.0769. The van der Waals surface area contributed by atoms with Gasteiger partial charge in [-0.2, -0.15) is 5.10 Å². The van der Waals surface area contributed by atoms with Gasteiger partial charge < -0.3 is 0 Å². The van der Waals surface area contributed by atoms with E-state index in [-0.39, 0.29) is 0 Å². The molecule has 1 aromatic carbocycles. The summed E-state index contributed by atoms with van der Waals surface area (Å²) < 4.78 is 3.62. The highest BCUT2D eigenvalue weighted by Crippen LogP contribution is 2.27. The van der Waals surface area contributed by atoms with Crippen LogP contribution in [0.5, 0.6) is 0 Å². The summed E-state index contributed by atoms with van der Waals surface area (Å²) in [5.41, 5.74) is 2.34. The van der Waals surface area contributed by atoms with E-state index in [1.54, 1.807) is 16.8 Å². The monoisotopic (exact) mass is 284 g/mol. The Hall–Kier alpha value is -2.47. The first-order valence-electron chi connectivity index (χ1n) is 6.03. The maximum atomic E-state index is 6.02. The zero-order chi connectivity index (χ0) is 13.7. The van der Waals surface area contributed by atoms with Crippen LogP contribution in [0.2, 0.25) is 5.15 Å². The molecule has 4 rings (SSSR count). The topological polar surface area (TPSA) is 60.9 Å². The van der Waals surface area contributed by atoms with Gasteiger partial charge in [0.15, 0.2) is 16.6 Å². The van der Waals surface area contributed by atoms with Gasteiger partial charge in [0.05, 0.1) is 5.52 Å². The van der Waals surface area contributed by atoms with Crippen molar-refractivity contribution in [2.75, 3.05) is 0 Å². The number of aromatic nitrogens is 6. The molecule has 3 heterocycles. The zero-order valence-corrected chi connectivity index (χ0v) is 11.3. The summed E-state index contributed by atoms with van der Waals surface area (Å²) in [6.07, 6.45) is 3.40. The number of nitrogens with zero attached hydrogens (tertiary/aromatic N) is 6. The third-order valence-electron chi connectivity index (χ3n) is 3.25. The van der Waals surface area contributed by atoms with E-state index in [0.717, 1.165) is 16.6 Å². The Morgan fingerprint density at radius 3 is 2.90 bits per heavy atom. The van der Waals surface area contributed by atoms with E-state index in [0.29, 0.717) is 16.6 Å². The summed E-state index contributed by atoms with van der Waals surface area (Å²) in [7, 11) is 1.91. The van der Waals surface area contributed by atoms with Gasteiger partial charge in [-0.25, -0.2) is 4.98 Å². The molecule has 0 aliphatic carbocycles. The summed E-state index contributed by atoms with van der Waals surface area (Å²) in [5.74, 6) is 0.654. The Balaban J connectivity index is 2.09. The fourth-order valence-corrected chi connectivity index (χ4v) is 2.52. The SMILES string of the molecule is Cn1nc(-c2nnc3c(Cl)nccn23)c2ccccc21. The lowest BCUT2D eigenvalue weighted by atomic mass is 10.2. The number of rotatable bonds is 1. The number of hydrogen-bond donors (Lipinski definition) is 0. The zero-order valence-electron chi connectivity index (χ0n) is 10.5. The summed E-state index contributed by atoms with van der Waals surface area (Å²) in [6, 6.07) is 7.99. The standard InChI is InChI=1S/C13H9ClN6/c1-19-9-5-3-2-4-8(9)10(18-19)12-16-17-13-11(14)15-6-7-20(12)13/h2-7H,1H3. The van der Waals surface area contributed by atoms with Gasteiger partial charge in [-0.05, 0) is 6.07 Å². The minimum absolute atomic E-state index is 0.325. The van der Waals surface area contributed by atoms with Crippen molar-refractivity contribution in [2.45, 2.75) is 0 Å². The Kier molecular flexibility index (Phi) is 2.28. The summed E-state index contributed by atoms with van der Waals surface area (Å²) >= 11 is 6.02. The molecule has 0 N–H and O–H groups in total. The van der Waals surface area contributed by atoms with Crippen LogP contribution in [0.3, 0.4) is 0 Å². The first kappa shape index (κ1) is 11.4. The van der Waals surface area contributed by atoms with E-state index in [9.17, 15) is 0 Å². The lowest BCUT2D eigenvalue weighted by molar-refractivity contribution is 0.796. The maximum Gasteiger partial charge on any atom is 0.198 e. The molecule has 98 valence electrons. The van der Waals surface area contributed by atoms with Gasteiger partial charge in [0.1, 0.15) is 5.69 Å². The molecule has 0 fully saturated rings. The number of para-hydroxylation sites is 1. The van der Waals surface area contributed by atoms with Crippen molar-refractivity contribution >= 4 is 28.2 Å². The molecule has 3 aromatic heterocycles. The van der Waals surface area contributed by atoms with Gasteiger partial charge in [0.25, 0.3) is 0 Å². The Bertz CT molecular complexity index is 938. The van der Waals surface area contributed by atoms with Gasteiger partial charge in [-0.1, -0.05) is 29.8 Å².